The number of pyridine rings is 1. The van der Waals surface area contributed by atoms with E-state index in [9.17, 15) is 8.42 Å². The lowest BCUT2D eigenvalue weighted by Gasteiger charge is -1.97. The van der Waals surface area contributed by atoms with Crippen molar-refractivity contribution in [3.63, 3.8) is 0 Å². The van der Waals surface area contributed by atoms with E-state index in [1.54, 1.807) is 0 Å². The normalized spacial score (nSPS) is 10.9. The summed E-state index contributed by atoms with van der Waals surface area (Å²) in [4.78, 5) is 3.24. The van der Waals surface area contributed by atoms with Crippen molar-refractivity contribution in [2.45, 2.75) is 4.90 Å². The molecule has 0 aliphatic rings. The summed E-state index contributed by atoms with van der Waals surface area (Å²) < 4.78 is 30.7. The van der Waals surface area contributed by atoms with Crippen molar-refractivity contribution in [1.29, 1.82) is 0 Å². The van der Waals surface area contributed by atoms with Gasteiger partial charge in [-0.05, 0) is 6.07 Å². The number of aromatic nitrogens is 1. The van der Waals surface area contributed by atoms with Gasteiger partial charge in [0.25, 0.3) is 9.05 Å². The van der Waals surface area contributed by atoms with Crippen LogP contribution in [0.4, 0.5) is 0 Å². The van der Waals surface area contributed by atoms with Crippen molar-refractivity contribution >= 4 is 73.5 Å². The second-order valence-electron chi connectivity index (χ2n) is 2.06. The van der Waals surface area contributed by atoms with Crippen LogP contribution < -0.4 is 0 Å². The van der Waals surface area contributed by atoms with E-state index in [2.05, 4.69) is 26.3 Å². The standard InChI is InChI=1S/C5H2Cl3NO2S.Cl2OS/c6-3-1-4(12(8,10)11)5(7)9-2-3;1-4(2)3/h1-2H;. The monoisotopic (exact) mass is 363 g/mol. The maximum Gasteiger partial charge on any atom is 0.264 e. The Kier molecular flexibility index (Phi) is 7.52. The highest BCUT2D eigenvalue weighted by molar-refractivity contribution is 8.26. The molecule has 1 aromatic heterocycles. The summed E-state index contributed by atoms with van der Waals surface area (Å²) in [6, 6.07) is 1.14. The lowest BCUT2D eigenvalue weighted by Crippen LogP contribution is -1.93. The third-order valence-electron chi connectivity index (χ3n) is 1.04. The summed E-state index contributed by atoms with van der Waals surface area (Å²) in [5.74, 6) is 0. The largest absolute Gasteiger partial charge is 0.264 e. The Morgan fingerprint density at radius 1 is 1.25 bits per heavy atom. The second-order valence-corrected chi connectivity index (χ2v) is 7.92. The molecular formula is C5H2Cl5NO3S2. The first-order valence-electron chi connectivity index (χ1n) is 3.14. The third kappa shape index (κ3) is 7.11. The molecule has 11 heteroatoms. The molecule has 0 saturated heterocycles. The molecule has 92 valence electrons. The van der Waals surface area contributed by atoms with E-state index >= 15 is 0 Å². The Balaban J connectivity index is 0.000000487. The highest BCUT2D eigenvalue weighted by Crippen LogP contribution is 2.24. The molecule has 0 atom stereocenters. The zero-order chi connectivity index (χ0) is 12.9. The molecule has 0 aromatic carbocycles. The molecular weight excluding hydrogens is 363 g/mol. The van der Waals surface area contributed by atoms with Crippen LogP contribution in [0.2, 0.25) is 10.2 Å². The van der Waals surface area contributed by atoms with Crippen molar-refractivity contribution in [2.24, 2.45) is 0 Å². The second kappa shape index (κ2) is 7.20. The minimum absolute atomic E-state index is 0.165. The predicted octanol–water partition coefficient (Wildman–Crippen LogP) is 3.36. The van der Waals surface area contributed by atoms with Gasteiger partial charge in [-0.1, -0.05) is 23.2 Å². The van der Waals surface area contributed by atoms with E-state index < -0.39 is 18.3 Å². The van der Waals surface area contributed by atoms with Gasteiger partial charge in [-0.15, -0.1) is 0 Å². The molecule has 1 heterocycles. The molecule has 0 spiro atoms. The van der Waals surface area contributed by atoms with Crippen molar-refractivity contribution in [2.75, 3.05) is 0 Å². The van der Waals surface area contributed by atoms with Crippen LogP contribution in [0.1, 0.15) is 0 Å². The zero-order valence-electron chi connectivity index (χ0n) is 7.03. The fraction of sp³-hybridized carbons (Fsp3) is 0. The highest BCUT2D eigenvalue weighted by atomic mass is 36.0. The van der Waals surface area contributed by atoms with Crippen LogP contribution in [-0.4, -0.2) is 17.6 Å². The van der Waals surface area contributed by atoms with Crippen LogP contribution in [0.3, 0.4) is 0 Å². The van der Waals surface area contributed by atoms with Gasteiger partial charge in [-0.2, -0.15) is 0 Å². The molecule has 0 fully saturated rings. The Labute approximate surface area is 118 Å². The van der Waals surface area contributed by atoms with Gasteiger partial charge >= 0.3 is 0 Å². The lowest BCUT2D eigenvalue weighted by molar-refractivity contribution is 0.609. The van der Waals surface area contributed by atoms with Gasteiger partial charge in [0.15, 0.2) is 0 Å². The molecule has 0 bridgehead atoms. The van der Waals surface area contributed by atoms with Crippen LogP contribution in [0, 0.1) is 0 Å². The van der Waals surface area contributed by atoms with Gasteiger partial charge in [-0.3, -0.25) is 0 Å². The molecule has 0 amide bonds. The average molecular weight is 365 g/mol. The van der Waals surface area contributed by atoms with Crippen LogP contribution in [0.5, 0.6) is 0 Å². The highest BCUT2D eigenvalue weighted by Gasteiger charge is 2.15. The third-order valence-corrected chi connectivity index (χ3v) is 2.99. The Hall–Kier alpha value is 0.700. The summed E-state index contributed by atoms with van der Waals surface area (Å²) in [6.07, 6.45) is 1.23. The first kappa shape index (κ1) is 16.7. The van der Waals surface area contributed by atoms with Gasteiger partial charge in [-0.25, -0.2) is 17.6 Å². The lowest BCUT2D eigenvalue weighted by atomic mass is 10.5. The van der Waals surface area contributed by atoms with Crippen LogP contribution in [-0.2, 0) is 18.3 Å². The summed E-state index contributed by atoms with van der Waals surface area (Å²) in [7, 11) is 8.52. The van der Waals surface area contributed by atoms with Gasteiger partial charge in [0.1, 0.15) is 10.0 Å². The summed E-state index contributed by atoms with van der Waals surface area (Å²) >= 11 is 10.9. The molecule has 4 nitrogen and oxygen atoms in total. The smallest absolute Gasteiger partial charge is 0.242 e. The number of halogens is 5. The maximum atomic E-state index is 10.8. The Morgan fingerprint density at radius 2 is 1.69 bits per heavy atom. The van der Waals surface area contributed by atoms with Crippen LogP contribution >= 0.6 is 55.2 Å². The molecule has 1 aromatic rings. The van der Waals surface area contributed by atoms with E-state index in [-0.39, 0.29) is 15.1 Å². The average Bonchev–Trinajstić information content (AvgIpc) is 2.06. The van der Waals surface area contributed by atoms with Crippen LogP contribution in [0.25, 0.3) is 0 Å². The molecule has 0 unspecified atom stereocenters. The molecule has 0 saturated carbocycles. The first-order chi connectivity index (χ1) is 7.14. The Bertz CT molecular complexity index is 487. The fourth-order valence-electron chi connectivity index (χ4n) is 0.575. The molecule has 0 aliphatic heterocycles. The molecule has 0 radical (unpaired) electrons. The number of hydrogen-bond acceptors (Lipinski definition) is 4. The van der Waals surface area contributed by atoms with E-state index in [0.717, 1.165) is 6.07 Å². The van der Waals surface area contributed by atoms with Gasteiger partial charge in [0, 0.05) is 38.2 Å². The van der Waals surface area contributed by atoms with Gasteiger partial charge in [0.05, 0.1) is 5.02 Å². The Morgan fingerprint density at radius 3 is 2.00 bits per heavy atom. The number of rotatable bonds is 1. The summed E-state index contributed by atoms with van der Waals surface area (Å²) in [5.41, 5.74) is 0. The van der Waals surface area contributed by atoms with E-state index in [0.29, 0.717) is 0 Å². The molecule has 0 N–H and O–H groups in total. The van der Waals surface area contributed by atoms with Crippen molar-refractivity contribution in [3.8, 4) is 0 Å². The van der Waals surface area contributed by atoms with Gasteiger partial charge in [0.2, 0.25) is 9.23 Å². The van der Waals surface area contributed by atoms with Crippen molar-refractivity contribution in [1.82, 2.24) is 4.98 Å². The van der Waals surface area contributed by atoms with Crippen molar-refractivity contribution < 1.29 is 12.6 Å². The first-order valence-corrected chi connectivity index (χ1v) is 9.01. The number of nitrogens with zero attached hydrogens (tertiary/aromatic N) is 1. The number of hydrogen-bond donors (Lipinski definition) is 0. The minimum Gasteiger partial charge on any atom is -0.242 e. The quantitative estimate of drug-likeness (QED) is 0.565. The minimum atomic E-state index is -3.86. The molecule has 16 heavy (non-hydrogen) atoms. The van der Waals surface area contributed by atoms with Gasteiger partial charge < -0.3 is 0 Å². The summed E-state index contributed by atoms with van der Waals surface area (Å²) in [5, 5.41) is -0.0203. The van der Waals surface area contributed by atoms with Crippen LogP contribution in [0.15, 0.2) is 17.2 Å². The zero-order valence-corrected chi connectivity index (χ0v) is 12.4. The maximum absolute atomic E-state index is 10.8. The molecule has 0 aliphatic carbocycles. The molecule has 1 rings (SSSR count). The van der Waals surface area contributed by atoms with E-state index in [1.807, 2.05) is 0 Å². The SMILES string of the molecule is O=S(=O)(Cl)c1cc(Cl)cnc1Cl.O=S(Cl)Cl. The fourth-order valence-corrected chi connectivity index (χ4v) is 2.20. The predicted molar refractivity (Wildman–Crippen MR) is 67.1 cm³/mol. The topological polar surface area (TPSA) is 64.1 Å². The van der Waals surface area contributed by atoms with E-state index in [4.69, 9.17) is 38.1 Å². The van der Waals surface area contributed by atoms with Crippen molar-refractivity contribution in [3.05, 3.63) is 22.4 Å². The van der Waals surface area contributed by atoms with E-state index in [1.165, 1.54) is 6.20 Å². The summed E-state index contributed by atoms with van der Waals surface area (Å²) in [6.45, 7) is 0.